The molecule has 98 valence electrons. The zero-order valence-corrected chi connectivity index (χ0v) is 11.0. The first-order chi connectivity index (χ1) is 8.34. The van der Waals surface area contributed by atoms with Crippen LogP contribution in [0, 0.1) is 10.1 Å². The molecule has 0 aliphatic rings. The van der Waals surface area contributed by atoms with Crippen molar-refractivity contribution in [3.05, 3.63) is 39.4 Å². The van der Waals surface area contributed by atoms with Gasteiger partial charge >= 0.3 is 0 Å². The minimum atomic E-state index is -0.453. The summed E-state index contributed by atoms with van der Waals surface area (Å²) in [5, 5.41) is 11.0. The number of hydrogen-bond donors (Lipinski definition) is 0. The minimum absolute atomic E-state index is 0.0172. The first-order valence-electron chi connectivity index (χ1n) is 5.47. The highest BCUT2D eigenvalue weighted by Crippen LogP contribution is 2.24. The largest absolute Gasteiger partial charge is 0.345 e. The van der Waals surface area contributed by atoms with Crippen LogP contribution in [0.4, 0.5) is 5.69 Å². The number of amides is 1. The standard InChI is InChI=1S/C12H17N3O3/c1-13(2)8-10-9(12(16)14(3)4)6-5-7-11(10)15(17)18/h5-7H,8H2,1-4H3. The Bertz CT molecular complexity index is 470. The maximum atomic E-state index is 12.0. The molecule has 0 N–H and O–H groups in total. The second kappa shape index (κ2) is 5.59. The van der Waals surface area contributed by atoms with Crippen LogP contribution in [0.5, 0.6) is 0 Å². The summed E-state index contributed by atoms with van der Waals surface area (Å²) in [6.45, 7) is 0.353. The van der Waals surface area contributed by atoms with Gasteiger partial charge in [0.2, 0.25) is 0 Å². The third-order valence-electron chi connectivity index (χ3n) is 2.46. The Morgan fingerprint density at radius 2 is 1.89 bits per heavy atom. The summed E-state index contributed by atoms with van der Waals surface area (Å²) in [5.74, 6) is -0.226. The van der Waals surface area contributed by atoms with Gasteiger partial charge in [-0.05, 0) is 20.2 Å². The Hall–Kier alpha value is -1.95. The normalized spacial score (nSPS) is 10.5. The molecule has 0 bridgehead atoms. The Balaban J connectivity index is 3.37. The second-order valence-corrected chi connectivity index (χ2v) is 4.50. The zero-order valence-electron chi connectivity index (χ0n) is 11.0. The molecular formula is C12H17N3O3. The molecular weight excluding hydrogens is 234 g/mol. The summed E-state index contributed by atoms with van der Waals surface area (Å²) < 4.78 is 0. The van der Waals surface area contributed by atoms with Crippen molar-refractivity contribution in [1.29, 1.82) is 0 Å². The zero-order chi connectivity index (χ0) is 13.9. The quantitative estimate of drug-likeness (QED) is 0.598. The van der Waals surface area contributed by atoms with Crippen molar-refractivity contribution in [2.75, 3.05) is 28.2 Å². The molecule has 0 unspecified atom stereocenters. The second-order valence-electron chi connectivity index (χ2n) is 4.50. The van der Waals surface area contributed by atoms with Gasteiger partial charge in [-0.25, -0.2) is 0 Å². The van der Waals surface area contributed by atoms with Crippen molar-refractivity contribution >= 4 is 11.6 Å². The van der Waals surface area contributed by atoms with E-state index in [1.165, 1.54) is 17.0 Å². The van der Waals surface area contributed by atoms with Crippen LogP contribution in [-0.4, -0.2) is 48.8 Å². The average Bonchev–Trinajstić information content (AvgIpc) is 2.27. The number of nitrogens with zero attached hydrogens (tertiary/aromatic N) is 3. The van der Waals surface area contributed by atoms with Gasteiger partial charge < -0.3 is 9.80 Å². The molecule has 0 heterocycles. The SMILES string of the molecule is CN(C)Cc1c(C(=O)N(C)C)cccc1[N+](=O)[O-]. The molecule has 1 rings (SSSR count). The molecule has 6 nitrogen and oxygen atoms in total. The van der Waals surface area contributed by atoms with Crippen LogP contribution in [0.3, 0.4) is 0 Å². The molecule has 6 heteroatoms. The van der Waals surface area contributed by atoms with E-state index in [9.17, 15) is 14.9 Å². The molecule has 0 aromatic heterocycles. The van der Waals surface area contributed by atoms with Crippen LogP contribution in [0.2, 0.25) is 0 Å². The van der Waals surface area contributed by atoms with E-state index >= 15 is 0 Å². The number of rotatable bonds is 4. The molecule has 0 aliphatic heterocycles. The summed E-state index contributed by atoms with van der Waals surface area (Å²) in [5.41, 5.74) is 0.811. The van der Waals surface area contributed by atoms with Gasteiger partial charge in [0.1, 0.15) is 0 Å². The van der Waals surface area contributed by atoms with E-state index < -0.39 is 4.92 Å². The van der Waals surface area contributed by atoms with Crippen LogP contribution in [0.25, 0.3) is 0 Å². The number of carbonyl (C=O) groups is 1. The van der Waals surface area contributed by atoms with Gasteiger partial charge in [0.05, 0.1) is 16.1 Å². The lowest BCUT2D eigenvalue weighted by Crippen LogP contribution is -2.25. The molecule has 0 spiro atoms. The lowest BCUT2D eigenvalue weighted by Gasteiger charge is -2.16. The lowest BCUT2D eigenvalue weighted by atomic mass is 10.0. The highest BCUT2D eigenvalue weighted by molar-refractivity contribution is 5.96. The molecule has 1 aromatic carbocycles. The number of nitro benzene ring substituents is 1. The van der Waals surface area contributed by atoms with E-state index in [4.69, 9.17) is 0 Å². The van der Waals surface area contributed by atoms with Crippen LogP contribution in [0.1, 0.15) is 15.9 Å². The van der Waals surface area contributed by atoms with Gasteiger partial charge in [0, 0.05) is 26.7 Å². The maximum absolute atomic E-state index is 12.0. The van der Waals surface area contributed by atoms with Crippen molar-refractivity contribution in [2.24, 2.45) is 0 Å². The van der Waals surface area contributed by atoms with Gasteiger partial charge in [-0.15, -0.1) is 0 Å². The topological polar surface area (TPSA) is 66.7 Å². The summed E-state index contributed by atoms with van der Waals surface area (Å²) in [6.07, 6.45) is 0. The van der Waals surface area contributed by atoms with E-state index in [1.54, 1.807) is 39.2 Å². The summed E-state index contributed by atoms with van der Waals surface area (Å²) in [4.78, 5) is 25.8. The molecule has 0 atom stereocenters. The fraction of sp³-hybridized carbons (Fsp3) is 0.417. The van der Waals surface area contributed by atoms with Gasteiger partial charge in [0.25, 0.3) is 11.6 Å². The monoisotopic (exact) mass is 251 g/mol. The van der Waals surface area contributed by atoms with Crippen LogP contribution < -0.4 is 0 Å². The van der Waals surface area contributed by atoms with E-state index in [0.29, 0.717) is 17.7 Å². The van der Waals surface area contributed by atoms with Gasteiger partial charge in [-0.3, -0.25) is 14.9 Å². The van der Waals surface area contributed by atoms with Crippen LogP contribution in [0.15, 0.2) is 18.2 Å². The number of hydrogen-bond acceptors (Lipinski definition) is 4. The highest BCUT2D eigenvalue weighted by atomic mass is 16.6. The fourth-order valence-electron chi connectivity index (χ4n) is 1.67. The minimum Gasteiger partial charge on any atom is -0.345 e. The van der Waals surface area contributed by atoms with E-state index in [1.807, 2.05) is 0 Å². The fourth-order valence-corrected chi connectivity index (χ4v) is 1.67. The Kier molecular flexibility index (Phi) is 4.38. The molecule has 0 saturated heterocycles. The van der Waals surface area contributed by atoms with Crippen molar-refractivity contribution in [1.82, 2.24) is 9.80 Å². The summed E-state index contributed by atoms with van der Waals surface area (Å²) in [7, 11) is 6.86. The van der Waals surface area contributed by atoms with Crippen LogP contribution in [-0.2, 0) is 6.54 Å². The molecule has 1 amide bonds. The number of carbonyl (C=O) groups excluding carboxylic acids is 1. The van der Waals surface area contributed by atoms with Crippen molar-refractivity contribution in [2.45, 2.75) is 6.54 Å². The third kappa shape index (κ3) is 3.04. The molecule has 0 saturated carbocycles. The third-order valence-corrected chi connectivity index (χ3v) is 2.46. The first kappa shape index (κ1) is 14.1. The Morgan fingerprint density at radius 3 is 2.33 bits per heavy atom. The van der Waals surface area contributed by atoms with Crippen molar-refractivity contribution in [3.63, 3.8) is 0 Å². The molecule has 0 fully saturated rings. The van der Waals surface area contributed by atoms with E-state index in [0.717, 1.165) is 0 Å². The maximum Gasteiger partial charge on any atom is 0.274 e. The van der Waals surface area contributed by atoms with Gasteiger partial charge in [-0.2, -0.15) is 0 Å². The van der Waals surface area contributed by atoms with Gasteiger partial charge in [0.15, 0.2) is 0 Å². The Labute approximate surface area is 106 Å². The van der Waals surface area contributed by atoms with E-state index in [-0.39, 0.29) is 11.6 Å². The van der Waals surface area contributed by atoms with Crippen molar-refractivity contribution in [3.8, 4) is 0 Å². The summed E-state index contributed by atoms with van der Waals surface area (Å²) >= 11 is 0. The summed E-state index contributed by atoms with van der Waals surface area (Å²) in [6, 6.07) is 4.58. The molecule has 0 aliphatic carbocycles. The molecule has 0 radical (unpaired) electrons. The predicted octanol–water partition coefficient (Wildman–Crippen LogP) is 1.36. The van der Waals surface area contributed by atoms with Crippen LogP contribution >= 0.6 is 0 Å². The number of benzene rings is 1. The van der Waals surface area contributed by atoms with Gasteiger partial charge in [-0.1, -0.05) is 6.07 Å². The van der Waals surface area contributed by atoms with E-state index in [2.05, 4.69) is 0 Å². The lowest BCUT2D eigenvalue weighted by molar-refractivity contribution is -0.385. The van der Waals surface area contributed by atoms with Crippen molar-refractivity contribution < 1.29 is 9.72 Å². The first-order valence-corrected chi connectivity index (χ1v) is 5.47. The highest BCUT2D eigenvalue weighted by Gasteiger charge is 2.22. The average molecular weight is 251 g/mol. The smallest absolute Gasteiger partial charge is 0.274 e. The predicted molar refractivity (Wildman–Crippen MR) is 68.5 cm³/mol. The molecule has 1 aromatic rings. The number of nitro groups is 1. The molecule has 18 heavy (non-hydrogen) atoms. The Morgan fingerprint density at radius 1 is 1.28 bits per heavy atom.